The molecule has 12 nitrogen and oxygen atoms in total. The van der Waals surface area contributed by atoms with E-state index >= 15 is 0 Å². The highest BCUT2D eigenvalue weighted by Crippen LogP contribution is 2.40. The number of para-hydroxylation sites is 3. The van der Waals surface area contributed by atoms with Crippen molar-refractivity contribution in [1.29, 1.82) is 0 Å². The molecule has 0 aliphatic carbocycles. The van der Waals surface area contributed by atoms with Crippen molar-refractivity contribution in [3.63, 3.8) is 0 Å². The molecule has 0 fully saturated rings. The average Bonchev–Trinajstić information content (AvgIpc) is 1.60. The van der Waals surface area contributed by atoms with Crippen molar-refractivity contribution >= 4 is 76.6 Å². The average molecular weight is 1630 g/mol. The number of fused-ring (bicyclic) bond motifs is 10. The maximum absolute atomic E-state index is 6.19. The molecular formula is C115H73N9O3. The lowest BCUT2D eigenvalue weighted by Crippen LogP contribution is -2.00. The van der Waals surface area contributed by atoms with Crippen LogP contribution in [0.25, 0.3) is 235 Å². The summed E-state index contributed by atoms with van der Waals surface area (Å²) >= 11 is 0. The van der Waals surface area contributed by atoms with E-state index in [1.165, 1.54) is 22.1 Å². The Labute approximate surface area is 730 Å². The van der Waals surface area contributed by atoms with Crippen molar-refractivity contribution in [2.75, 3.05) is 0 Å². The summed E-state index contributed by atoms with van der Waals surface area (Å²) in [5.74, 6) is 5.54. The second kappa shape index (κ2) is 33.6. The molecule has 24 aromatic rings. The van der Waals surface area contributed by atoms with Crippen molar-refractivity contribution in [2.24, 2.45) is 0 Å². The van der Waals surface area contributed by atoms with E-state index in [4.69, 9.17) is 58.1 Å². The van der Waals surface area contributed by atoms with Crippen molar-refractivity contribution in [2.45, 2.75) is 0 Å². The van der Waals surface area contributed by atoms with Crippen LogP contribution in [0.15, 0.2) is 456 Å². The van der Waals surface area contributed by atoms with Crippen LogP contribution in [0.2, 0.25) is 0 Å². The molecule has 0 atom stereocenters. The molecular weight excluding hydrogens is 1560 g/mol. The molecule has 0 saturated heterocycles. The third kappa shape index (κ3) is 15.7. The van der Waals surface area contributed by atoms with Gasteiger partial charge >= 0.3 is 0 Å². The standard InChI is InChI=1S/2C39H25N3O.C37H23N3O/c1-3-10-26(11-4-1)28-18-20-29(21-19-28)37-40-38(31-15-9-14-30(24-31)27-12-5-2-6-13-27)42-39(41-37)32-22-23-34-33-16-7-8-17-35(33)43-36(34)25-32;1-3-9-26(10-4-1)28-15-19-30(20-16-28)37-40-38(31-21-17-29(18-22-31)27-11-5-2-6-12-27)42-39(41-37)32-23-24-34-33-13-7-8-14-35(33)43-36(34)25-32;1-2-9-24(10-3-1)27-13-8-14-28(21-27)35-38-36(29-18-17-25-11-4-5-12-26(25)22-29)40-37(39-35)30-19-20-32-31-15-6-7-16-33(31)41-34(32)23-30/h2*1-25H;1-23H. The van der Waals surface area contributed by atoms with Crippen LogP contribution < -0.4 is 0 Å². The minimum absolute atomic E-state index is 0.597. The summed E-state index contributed by atoms with van der Waals surface area (Å²) in [4.78, 5) is 44.8. The van der Waals surface area contributed by atoms with Gasteiger partial charge in [-0.15, -0.1) is 0 Å². The third-order valence-corrected chi connectivity index (χ3v) is 23.0. The van der Waals surface area contributed by atoms with Gasteiger partial charge in [0, 0.05) is 82.4 Å². The second-order valence-corrected chi connectivity index (χ2v) is 31.1. The van der Waals surface area contributed by atoms with Gasteiger partial charge in [0.15, 0.2) is 52.4 Å². The van der Waals surface area contributed by atoms with Gasteiger partial charge in [-0.1, -0.05) is 370 Å². The molecule has 0 aliphatic heterocycles. The van der Waals surface area contributed by atoms with E-state index in [1.54, 1.807) is 0 Å². The number of benzene rings is 18. The minimum atomic E-state index is 0.597. The number of aromatic nitrogens is 9. The molecule has 0 amide bonds. The quantitative estimate of drug-likeness (QED) is 0.102. The first-order valence-electron chi connectivity index (χ1n) is 42.2. The maximum Gasteiger partial charge on any atom is 0.164 e. The Morgan fingerprint density at radius 3 is 0.622 bits per heavy atom. The molecule has 0 bridgehead atoms. The van der Waals surface area contributed by atoms with E-state index in [0.717, 1.165) is 160 Å². The summed E-state index contributed by atoms with van der Waals surface area (Å²) < 4.78 is 18.6. The molecule has 0 unspecified atom stereocenters. The normalized spacial score (nSPS) is 11.3. The summed E-state index contributed by atoms with van der Waals surface area (Å²) in [6.45, 7) is 0. The van der Waals surface area contributed by atoms with Crippen LogP contribution in [-0.4, -0.2) is 44.9 Å². The van der Waals surface area contributed by atoms with Crippen molar-refractivity contribution in [1.82, 2.24) is 44.9 Å². The Balaban J connectivity index is 0.000000113. The summed E-state index contributed by atoms with van der Waals surface area (Å²) in [5, 5.41) is 8.82. The smallest absolute Gasteiger partial charge is 0.164 e. The topological polar surface area (TPSA) is 155 Å². The first kappa shape index (κ1) is 75.8. The maximum atomic E-state index is 6.19. The SMILES string of the molecule is c1ccc(-c2ccc(-c3nc(-c4ccc(-c5ccccc5)cc4)nc(-c4ccc5c(c4)oc4ccccc45)n3)cc2)cc1.c1ccc(-c2ccc(-c3nc(-c4cccc(-c5ccccc5)c4)nc(-c4ccc5c(c4)oc4ccccc45)n3)cc2)cc1.c1ccc(-c2cccc(-c3nc(-c4ccc5ccccc5c4)nc(-c4ccc5c(c4)oc4ccccc45)n3)c2)cc1. The van der Waals surface area contributed by atoms with Crippen LogP contribution in [0.5, 0.6) is 0 Å². The van der Waals surface area contributed by atoms with Gasteiger partial charge in [-0.05, 0) is 139 Å². The molecule has 0 saturated carbocycles. The van der Waals surface area contributed by atoms with E-state index in [0.29, 0.717) is 52.4 Å². The van der Waals surface area contributed by atoms with E-state index in [1.807, 2.05) is 109 Å². The summed E-state index contributed by atoms with van der Waals surface area (Å²) in [7, 11) is 0. The largest absolute Gasteiger partial charge is 0.456 e. The second-order valence-electron chi connectivity index (χ2n) is 31.1. The van der Waals surface area contributed by atoms with Gasteiger partial charge in [-0.2, -0.15) is 0 Å². The van der Waals surface area contributed by atoms with Crippen LogP contribution >= 0.6 is 0 Å². The highest BCUT2D eigenvalue weighted by molar-refractivity contribution is 6.08. The molecule has 6 heterocycles. The van der Waals surface area contributed by atoms with Crippen molar-refractivity contribution < 1.29 is 13.3 Å². The zero-order valence-corrected chi connectivity index (χ0v) is 68.4. The van der Waals surface area contributed by atoms with Crippen LogP contribution in [0.1, 0.15) is 0 Å². The Morgan fingerprint density at radius 1 is 0.110 bits per heavy atom. The molecule has 0 radical (unpaired) electrons. The molecule has 0 N–H and O–H groups in total. The Morgan fingerprint density at radius 2 is 0.307 bits per heavy atom. The molecule has 12 heteroatoms. The summed E-state index contributed by atoms with van der Waals surface area (Å²) in [6, 6.07) is 151. The summed E-state index contributed by atoms with van der Waals surface area (Å²) in [5.41, 5.74) is 24.7. The van der Waals surface area contributed by atoms with Crippen LogP contribution in [0.3, 0.4) is 0 Å². The molecule has 127 heavy (non-hydrogen) atoms. The van der Waals surface area contributed by atoms with Gasteiger partial charge in [-0.25, -0.2) is 44.9 Å². The van der Waals surface area contributed by atoms with E-state index in [-0.39, 0.29) is 0 Å². The molecule has 596 valence electrons. The predicted octanol–water partition coefficient (Wildman–Crippen LogP) is 29.8. The first-order chi connectivity index (χ1) is 62.8. The predicted molar refractivity (Wildman–Crippen MR) is 515 cm³/mol. The molecule has 6 aromatic heterocycles. The highest BCUT2D eigenvalue weighted by atomic mass is 16.3. The third-order valence-electron chi connectivity index (χ3n) is 23.0. The number of furan rings is 3. The van der Waals surface area contributed by atoms with E-state index < -0.39 is 0 Å². The lowest BCUT2D eigenvalue weighted by Gasteiger charge is -2.10. The number of hydrogen-bond acceptors (Lipinski definition) is 12. The molecule has 24 rings (SSSR count). The van der Waals surface area contributed by atoms with Crippen LogP contribution in [0.4, 0.5) is 0 Å². The van der Waals surface area contributed by atoms with Gasteiger partial charge in [0.25, 0.3) is 0 Å². The first-order valence-corrected chi connectivity index (χ1v) is 42.2. The lowest BCUT2D eigenvalue weighted by molar-refractivity contribution is 0.668. The van der Waals surface area contributed by atoms with E-state index in [9.17, 15) is 0 Å². The van der Waals surface area contributed by atoms with Gasteiger partial charge in [-0.3, -0.25) is 0 Å². The van der Waals surface area contributed by atoms with Gasteiger partial charge in [0.2, 0.25) is 0 Å². The lowest BCUT2D eigenvalue weighted by atomic mass is 10.0. The Hall–Kier alpha value is -17.4. The van der Waals surface area contributed by atoms with Crippen LogP contribution in [-0.2, 0) is 0 Å². The van der Waals surface area contributed by atoms with Gasteiger partial charge in [0.05, 0.1) is 0 Å². The molecule has 0 aliphatic rings. The van der Waals surface area contributed by atoms with E-state index in [2.05, 4.69) is 334 Å². The van der Waals surface area contributed by atoms with Crippen molar-refractivity contribution in [3.05, 3.63) is 443 Å². The fourth-order valence-corrected chi connectivity index (χ4v) is 16.5. The fourth-order valence-electron chi connectivity index (χ4n) is 16.5. The summed E-state index contributed by atoms with van der Waals surface area (Å²) in [6.07, 6.45) is 0. The number of nitrogens with zero attached hydrogens (tertiary/aromatic N) is 9. The minimum Gasteiger partial charge on any atom is -0.456 e. The number of hydrogen-bond donors (Lipinski definition) is 0. The fraction of sp³-hybridized carbons (Fsp3) is 0. The zero-order chi connectivity index (χ0) is 84.4. The number of rotatable bonds is 14. The van der Waals surface area contributed by atoms with Gasteiger partial charge in [0.1, 0.15) is 33.5 Å². The highest BCUT2D eigenvalue weighted by Gasteiger charge is 2.21. The van der Waals surface area contributed by atoms with Crippen LogP contribution in [0, 0.1) is 0 Å². The Kier molecular flexibility index (Phi) is 20.0. The zero-order valence-electron chi connectivity index (χ0n) is 68.4. The molecule has 18 aromatic carbocycles. The molecule has 0 spiro atoms. The van der Waals surface area contributed by atoms with Crippen molar-refractivity contribution in [3.8, 4) is 158 Å². The Bertz CT molecular complexity index is 8070. The van der Waals surface area contributed by atoms with Gasteiger partial charge < -0.3 is 13.3 Å². The monoisotopic (exact) mass is 1630 g/mol.